The van der Waals surface area contributed by atoms with Crippen LogP contribution in [0.3, 0.4) is 0 Å². The van der Waals surface area contributed by atoms with Crippen LogP contribution in [-0.4, -0.2) is 30.0 Å². The number of rotatable bonds is 8. The number of anilines is 1. The van der Waals surface area contributed by atoms with Gasteiger partial charge in [-0.25, -0.2) is 13.4 Å². The Morgan fingerprint density at radius 2 is 1.76 bits per heavy atom. The second-order valence-electron chi connectivity index (χ2n) is 8.14. The fourth-order valence-electron chi connectivity index (χ4n) is 3.72. The Labute approximate surface area is 208 Å². The largest absolute Gasteiger partial charge is 0.284 e. The van der Waals surface area contributed by atoms with Gasteiger partial charge >= 0.3 is 0 Å². The first-order valence-corrected chi connectivity index (χ1v) is 13.6. The summed E-state index contributed by atoms with van der Waals surface area (Å²) >= 11 is 7.33. The smallest absolute Gasteiger partial charge is 0.229 e. The number of pyridine rings is 1. The molecule has 0 aliphatic rings. The normalized spacial score (nSPS) is 11.6. The molecule has 4 rings (SSSR count). The highest BCUT2D eigenvalue weighted by Crippen LogP contribution is 2.33. The Hall–Kier alpha value is -2.81. The molecule has 0 N–H and O–H groups in total. The molecule has 0 radical (unpaired) electrons. The van der Waals surface area contributed by atoms with Crippen LogP contribution in [-0.2, 0) is 21.2 Å². The molecule has 0 bridgehead atoms. The minimum Gasteiger partial charge on any atom is -0.284 e. The zero-order valence-electron chi connectivity index (χ0n) is 18.9. The van der Waals surface area contributed by atoms with E-state index < -0.39 is 9.84 Å². The molecule has 4 aromatic rings. The maximum atomic E-state index is 13.3. The molecular formula is C25H24ClN3O3S2. The van der Waals surface area contributed by atoms with E-state index in [1.807, 2.05) is 32.0 Å². The van der Waals surface area contributed by atoms with Crippen molar-refractivity contribution >= 4 is 54.0 Å². The van der Waals surface area contributed by atoms with Crippen molar-refractivity contribution < 1.29 is 13.2 Å². The van der Waals surface area contributed by atoms with Crippen LogP contribution in [0.5, 0.6) is 0 Å². The third-order valence-corrected chi connectivity index (χ3v) is 8.71. The second-order valence-corrected chi connectivity index (χ2v) is 11.7. The summed E-state index contributed by atoms with van der Waals surface area (Å²) < 4.78 is 26.4. The van der Waals surface area contributed by atoms with Gasteiger partial charge in [0.15, 0.2) is 15.0 Å². The van der Waals surface area contributed by atoms with E-state index >= 15 is 0 Å². The minimum atomic E-state index is -3.50. The van der Waals surface area contributed by atoms with Gasteiger partial charge in [-0.1, -0.05) is 29.0 Å². The number of carbonyl (C=O) groups is 1. The average molecular weight is 514 g/mol. The number of fused-ring (bicyclic) bond motifs is 1. The summed E-state index contributed by atoms with van der Waals surface area (Å²) in [4.78, 5) is 23.9. The summed E-state index contributed by atoms with van der Waals surface area (Å²) in [5.74, 6) is -0.293. The fourth-order valence-corrected chi connectivity index (χ4v) is 6.19. The monoisotopic (exact) mass is 513 g/mol. The van der Waals surface area contributed by atoms with Gasteiger partial charge in [0.25, 0.3) is 0 Å². The lowest BCUT2D eigenvalue weighted by molar-refractivity contribution is -0.118. The van der Waals surface area contributed by atoms with Gasteiger partial charge in [0.1, 0.15) is 0 Å². The number of aryl methyl sites for hydroxylation is 2. The Morgan fingerprint density at radius 3 is 2.47 bits per heavy atom. The van der Waals surface area contributed by atoms with Crippen LogP contribution in [0, 0.1) is 13.8 Å². The Kier molecular flexibility index (Phi) is 7.30. The molecule has 0 aliphatic heterocycles. The Balaban J connectivity index is 1.55. The third-order valence-electron chi connectivity index (χ3n) is 5.41. The molecule has 6 nitrogen and oxygen atoms in total. The number of halogens is 1. The molecule has 34 heavy (non-hydrogen) atoms. The first-order chi connectivity index (χ1) is 16.2. The van der Waals surface area contributed by atoms with Crippen molar-refractivity contribution in [3.8, 4) is 0 Å². The van der Waals surface area contributed by atoms with Crippen molar-refractivity contribution in [2.75, 3.05) is 10.7 Å². The van der Waals surface area contributed by atoms with Crippen LogP contribution in [0.25, 0.3) is 10.2 Å². The van der Waals surface area contributed by atoms with Gasteiger partial charge in [-0.05, 0) is 79.4 Å². The van der Waals surface area contributed by atoms with Gasteiger partial charge in [-0.3, -0.25) is 14.7 Å². The number of hydrogen-bond donors (Lipinski definition) is 0. The quantitative estimate of drug-likeness (QED) is 0.300. The first-order valence-electron chi connectivity index (χ1n) is 10.8. The molecule has 1 amide bonds. The number of aromatic nitrogens is 2. The number of sulfone groups is 1. The summed E-state index contributed by atoms with van der Waals surface area (Å²) in [5.41, 5.74) is 4.00. The molecule has 2 heterocycles. The molecule has 0 spiro atoms. The Bertz CT molecular complexity index is 1420. The lowest BCUT2D eigenvalue weighted by Gasteiger charge is -2.20. The maximum absolute atomic E-state index is 13.3. The minimum absolute atomic E-state index is 0.0891. The van der Waals surface area contributed by atoms with Gasteiger partial charge in [0, 0.05) is 23.8 Å². The van der Waals surface area contributed by atoms with E-state index in [1.54, 1.807) is 29.4 Å². The van der Waals surface area contributed by atoms with Crippen molar-refractivity contribution in [3.05, 3.63) is 82.6 Å². The summed E-state index contributed by atoms with van der Waals surface area (Å²) in [6, 6.07) is 13.9. The highest BCUT2D eigenvalue weighted by atomic mass is 35.5. The molecule has 0 aliphatic carbocycles. The van der Waals surface area contributed by atoms with Gasteiger partial charge in [0.2, 0.25) is 5.91 Å². The molecule has 0 fully saturated rings. The molecule has 0 atom stereocenters. The average Bonchev–Trinajstić information content (AvgIpc) is 3.22. The summed E-state index contributed by atoms with van der Waals surface area (Å²) in [7, 11) is -3.50. The number of benzene rings is 2. The van der Waals surface area contributed by atoms with E-state index in [4.69, 9.17) is 16.6 Å². The molecule has 2 aromatic carbocycles. The van der Waals surface area contributed by atoms with Crippen molar-refractivity contribution in [2.45, 2.75) is 38.1 Å². The zero-order chi connectivity index (χ0) is 24.3. The lowest BCUT2D eigenvalue weighted by Crippen LogP contribution is -2.30. The van der Waals surface area contributed by atoms with Gasteiger partial charge in [0.05, 0.1) is 27.4 Å². The molecule has 0 saturated carbocycles. The van der Waals surface area contributed by atoms with Crippen molar-refractivity contribution in [3.63, 3.8) is 0 Å². The van der Waals surface area contributed by atoms with Gasteiger partial charge in [-0.2, -0.15) is 0 Å². The molecular weight excluding hydrogens is 490 g/mol. The predicted octanol–water partition coefficient (Wildman–Crippen LogP) is 5.75. The number of nitrogens with zero attached hydrogens (tertiary/aromatic N) is 3. The fraction of sp³-hybridized carbons (Fsp3) is 0.240. The van der Waals surface area contributed by atoms with E-state index in [9.17, 15) is 13.2 Å². The SMILES string of the molecule is Cc1cc(C)c2sc(N(Cc3ccncc3)C(=O)CCCS(=O)(=O)c3ccc(Cl)cc3)nc2c1. The van der Waals surface area contributed by atoms with Gasteiger partial charge in [-0.15, -0.1) is 0 Å². The van der Waals surface area contributed by atoms with Crippen LogP contribution >= 0.6 is 22.9 Å². The van der Waals surface area contributed by atoms with E-state index in [-0.39, 0.29) is 29.4 Å². The van der Waals surface area contributed by atoms with E-state index in [2.05, 4.69) is 11.1 Å². The lowest BCUT2D eigenvalue weighted by atomic mass is 10.1. The highest BCUT2D eigenvalue weighted by molar-refractivity contribution is 7.91. The molecule has 0 saturated heterocycles. The zero-order valence-corrected chi connectivity index (χ0v) is 21.3. The van der Waals surface area contributed by atoms with E-state index in [1.165, 1.54) is 23.5 Å². The molecule has 9 heteroatoms. The number of amides is 1. The van der Waals surface area contributed by atoms with Gasteiger partial charge < -0.3 is 0 Å². The van der Waals surface area contributed by atoms with Crippen LogP contribution in [0.15, 0.2) is 65.8 Å². The topological polar surface area (TPSA) is 80.2 Å². The van der Waals surface area contributed by atoms with Crippen LogP contribution in [0.2, 0.25) is 5.02 Å². The number of carbonyl (C=O) groups excluding carboxylic acids is 1. The first kappa shape index (κ1) is 24.3. The highest BCUT2D eigenvalue weighted by Gasteiger charge is 2.22. The third kappa shape index (κ3) is 5.63. The van der Waals surface area contributed by atoms with Crippen LogP contribution in [0.4, 0.5) is 5.13 Å². The van der Waals surface area contributed by atoms with E-state index in [0.29, 0.717) is 16.7 Å². The number of hydrogen-bond acceptors (Lipinski definition) is 6. The van der Waals surface area contributed by atoms with Crippen LogP contribution < -0.4 is 4.90 Å². The van der Waals surface area contributed by atoms with Crippen molar-refractivity contribution in [2.24, 2.45) is 0 Å². The molecule has 176 valence electrons. The summed E-state index contributed by atoms with van der Waals surface area (Å²) in [6.45, 7) is 4.39. The maximum Gasteiger partial charge on any atom is 0.229 e. The summed E-state index contributed by atoms with van der Waals surface area (Å²) in [5, 5.41) is 1.08. The summed E-state index contributed by atoms with van der Waals surface area (Å²) in [6.07, 6.45) is 3.66. The van der Waals surface area contributed by atoms with Crippen molar-refractivity contribution in [1.29, 1.82) is 0 Å². The predicted molar refractivity (Wildman–Crippen MR) is 137 cm³/mol. The second kappa shape index (κ2) is 10.2. The Morgan fingerprint density at radius 1 is 1.06 bits per heavy atom. The van der Waals surface area contributed by atoms with E-state index in [0.717, 1.165) is 26.9 Å². The van der Waals surface area contributed by atoms with Crippen molar-refractivity contribution in [1.82, 2.24) is 9.97 Å². The molecule has 0 unspecified atom stereocenters. The van der Waals surface area contributed by atoms with Crippen LogP contribution in [0.1, 0.15) is 29.5 Å². The number of thiazole rings is 1. The standard InChI is InChI=1S/C25H24ClN3O3S2/c1-17-14-18(2)24-22(15-17)28-25(33-24)29(16-19-9-11-27-12-10-19)23(30)4-3-13-34(31,32)21-7-5-20(26)6-8-21/h5-12,14-15H,3-4,13,16H2,1-2H3. The molecule has 2 aromatic heterocycles.